The van der Waals surface area contributed by atoms with Crippen LogP contribution in [0.5, 0.6) is 0 Å². The first-order valence-electron chi connectivity index (χ1n) is 9.37. The van der Waals surface area contributed by atoms with Gasteiger partial charge in [-0.3, -0.25) is 4.79 Å². The smallest absolute Gasteiger partial charge is 0.258 e. The number of rotatable bonds is 6. The van der Waals surface area contributed by atoms with Crippen LogP contribution in [0.2, 0.25) is 0 Å². The lowest BCUT2D eigenvalue weighted by molar-refractivity contribution is 0.102. The number of hydrogen-bond acceptors (Lipinski definition) is 3. The summed E-state index contributed by atoms with van der Waals surface area (Å²) >= 11 is 0. The predicted molar refractivity (Wildman–Crippen MR) is 115 cm³/mol. The second kappa shape index (κ2) is 8.77. The van der Waals surface area contributed by atoms with E-state index in [9.17, 15) is 17.6 Å². The van der Waals surface area contributed by atoms with E-state index in [-0.39, 0.29) is 17.0 Å². The lowest BCUT2D eigenvalue weighted by Gasteiger charge is -2.18. The normalized spacial score (nSPS) is 11.5. The fraction of sp³-hybridized carbons (Fsp3) is 0.174. The fourth-order valence-electron chi connectivity index (χ4n) is 3.00. The summed E-state index contributed by atoms with van der Waals surface area (Å²) in [5, 5.41) is 2.67. The summed E-state index contributed by atoms with van der Waals surface area (Å²) in [5.41, 5.74) is 2.80. The van der Waals surface area contributed by atoms with Gasteiger partial charge in [0.25, 0.3) is 5.91 Å². The maximum absolute atomic E-state index is 14.4. The Morgan fingerprint density at radius 1 is 1.00 bits per heavy atom. The molecule has 0 atom stereocenters. The zero-order valence-electron chi connectivity index (χ0n) is 17.0. The summed E-state index contributed by atoms with van der Waals surface area (Å²) < 4.78 is 41.4. The zero-order valence-corrected chi connectivity index (χ0v) is 17.8. The van der Waals surface area contributed by atoms with Crippen LogP contribution in [0.25, 0.3) is 0 Å². The van der Waals surface area contributed by atoms with Crippen LogP contribution in [0.15, 0.2) is 71.6 Å². The molecular weight excluding hydrogens is 403 g/mol. The molecule has 3 aromatic carbocycles. The van der Waals surface area contributed by atoms with Gasteiger partial charge in [-0.1, -0.05) is 42.5 Å². The minimum atomic E-state index is -3.91. The molecule has 30 heavy (non-hydrogen) atoms. The van der Waals surface area contributed by atoms with E-state index in [1.807, 2.05) is 56.3 Å². The van der Waals surface area contributed by atoms with Crippen LogP contribution >= 0.6 is 0 Å². The highest BCUT2D eigenvalue weighted by molar-refractivity contribution is 7.89. The topological polar surface area (TPSA) is 66.5 Å². The number of nitrogens with one attached hydrogen (secondary N) is 1. The average molecular weight is 427 g/mol. The predicted octanol–water partition coefficient (Wildman–Crippen LogP) is 4.52. The second-order valence-corrected chi connectivity index (χ2v) is 9.21. The molecule has 7 heteroatoms. The Bertz CT molecular complexity index is 1180. The Hall–Kier alpha value is -3.03. The van der Waals surface area contributed by atoms with E-state index in [1.54, 1.807) is 6.07 Å². The molecule has 3 aromatic rings. The van der Waals surface area contributed by atoms with Crippen molar-refractivity contribution >= 4 is 21.6 Å². The highest BCUT2D eigenvalue weighted by atomic mass is 32.2. The lowest BCUT2D eigenvalue weighted by atomic mass is 10.1. The third-order valence-electron chi connectivity index (χ3n) is 4.78. The largest absolute Gasteiger partial charge is 0.322 e. The molecule has 0 saturated heterocycles. The van der Waals surface area contributed by atoms with E-state index in [1.165, 1.54) is 17.4 Å². The first kappa shape index (κ1) is 21.7. The van der Waals surface area contributed by atoms with Gasteiger partial charge in [-0.25, -0.2) is 12.8 Å². The van der Waals surface area contributed by atoms with Gasteiger partial charge in [0, 0.05) is 19.3 Å². The van der Waals surface area contributed by atoms with E-state index >= 15 is 0 Å². The molecule has 156 valence electrons. The van der Waals surface area contributed by atoms with Crippen molar-refractivity contribution in [3.63, 3.8) is 0 Å². The summed E-state index contributed by atoms with van der Waals surface area (Å²) in [7, 11) is -2.47. The first-order chi connectivity index (χ1) is 14.2. The Balaban J connectivity index is 1.88. The van der Waals surface area contributed by atoms with Crippen molar-refractivity contribution in [2.45, 2.75) is 25.3 Å². The van der Waals surface area contributed by atoms with E-state index in [0.29, 0.717) is 5.69 Å². The van der Waals surface area contributed by atoms with E-state index in [4.69, 9.17) is 0 Å². The number of amides is 1. The Morgan fingerprint density at radius 3 is 2.40 bits per heavy atom. The van der Waals surface area contributed by atoms with Crippen molar-refractivity contribution in [1.29, 1.82) is 0 Å². The maximum atomic E-state index is 14.4. The minimum Gasteiger partial charge on any atom is -0.322 e. The van der Waals surface area contributed by atoms with E-state index in [2.05, 4.69) is 5.32 Å². The van der Waals surface area contributed by atoms with Gasteiger partial charge in [0.05, 0.1) is 10.5 Å². The molecule has 0 aromatic heterocycles. The molecule has 5 nitrogen and oxygen atoms in total. The summed E-state index contributed by atoms with van der Waals surface area (Å²) in [6.07, 6.45) is 0. The summed E-state index contributed by atoms with van der Waals surface area (Å²) in [6, 6.07) is 17.9. The Morgan fingerprint density at radius 2 is 1.70 bits per heavy atom. The molecule has 0 radical (unpaired) electrons. The lowest BCUT2D eigenvalue weighted by Crippen LogP contribution is -2.27. The molecular formula is C23H23FN2O3S. The number of benzene rings is 3. The van der Waals surface area contributed by atoms with Crippen LogP contribution < -0.4 is 5.32 Å². The molecule has 0 bridgehead atoms. The van der Waals surface area contributed by atoms with Gasteiger partial charge in [0.2, 0.25) is 10.0 Å². The van der Waals surface area contributed by atoms with Crippen LogP contribution in [0.3, 0.4) is 0 Å². The van der Waals surface area contributed by atoms with Gasteiger partial charge < -0.3 is 5.32 Å². The SMILES string of the molecule is Cc1ccc(C)c(NC(=O)c2cc(S(=O)(=O)N(C)Cc3ccccc3)ccc2F)c1. The summed E-state index contributed by atoms with van der Waals surface area (Å²) in [6.45, 7) is 3.86. The quantitative estimate of drug-likeness (QED) is 0.630. The summed E-state index contributed by atoms with van der Waals surface area (Å²) in [5.74, 6) is -1.49. The van der Waals surface area contributed by atoms with E-state index in [0.717, 1.165) is 28.8 Å². The van der Waals surface area contributed by atoms with Crippen molar-refractivity contribution in [1.82, 2.24) is 4.31 Å². The molecule has 1 amide bonds. The fourth-order valence-corrected chi connectivity index (χ4v) is 4.19. The Kier molecular flexibility index (Phi) is 6.34. The van der Waals surface area contributed by atoms with Gasteiger partial charge in [-0.05, 0) is 54.8 Å². The maximum Gasteiger partial charge on any atom is 0.258 e. The van der Waals surface area contributed by atoms with Crippen LogP contribution in [0.1, 0.15) is 27.0 Å². The second-order valence-electron chi connectivity index (χ2n) is 7.16. The van der Waals surface area contributed by atoms with Gasteiger partial charge in [-0.15, -0.1) is 0 Å². The van der Waals surface area contributed by atoms with Crippen molar-refractivity contribution in [2.24, 2.45) is 0 Å². The summed E-state index contributed by atoms with van der Waals surface area (Å²) in [4.78, 5) is 12.5. The number of carbonyl (C=O) groups is 1. The van der Waals surface area contributed by atoms with Crippen molar-refractivity contribution < 1.29 is 17.6 Å². The van der Waals surface area contributed by atoms with Crippen LogP contribution in [0.4, 0.5) is 10.1 Å². The van der Waals surface area contributed by atoms with Crippen molar-refractivity contribution in [3.8, 4) is 0 Å². The zero-order chi connectivity index (χ0) is 21.9. The van der Waals surface area contributed by atoms with Crippen molar-refractivity contribution in [3.05, 3.63) is 94.8 Å². The highest BCUT2D eigenvalue weighted by Crippen LogP contribution is 2.22. The van der Waals surface area contributed by atoms with Gasteiger partial charge in [-0.2, -0.15) is 4.31 Å². The molecule has 0 aliphatic heterocycles. The highest BCUT2D eigenvalue weighted by Gasteiger charge is 2.24. The molecule has 0 fully saturated rings. The molecule has 0 aliphatic carbocycles. The van der Waals surface area contributed by atoms with Crippen LogP contribution in [-0.4, -0.2) is 25.7 Å². The number of hydrogen-bond donors (Lipinski definition) is 1. The number of anilines is 1. The number of carbonyl (C=O) groups excluding carboxylic acids is 1. The van der Waals surface area contributed by atoms with Crippen molar-refractivity contribution in [2.75, 3.05) is 12.4 Å². The van der Waals surface area contributed by atoms with Gasteiger partial charge in [0.1, 0.15) is 5.82 Å². The molecule has 0 heterocycles. The standard InChI is InChI=1S/C23H23FN2O3S/c1-16-9-10-17(2)22(13-16)25-23(27)20-14-19(11-12-21(20)24)30(28,29)26(3)15-18-7-5-4-6-8-18/h4-14H,15H2,1-3H3,(H,25,27). The average Bonchev–Trinajstić information content (AvgIpc) is 2.71. The molecule has 0 aliphatic rings. The number of sulfonamides is 1. The monoisotopic (exact) mass is 426 g/mol. The third-order valence-corrected chi connectivity index (χ3v) is 6.58. The van der Waals surface area contributed by atoms with Crippen LogP contribution in [-0.2, 0) is 16.6 Å². The molecule has 0 unspecified atom stereocenters. The molecule has 0 spiro atoms. The number of aryl methyl sites for hydroxylation is 2. The molecule has 1 N–H and O–H groups in total. The molecule has 3 rings (SSSR count). The minimum absolute atomic E-state index is 0.145. The number of nitrogens with zero attached hydrogens (tertiary/aromatic N) is 1. The van der Waals surface area contributed by atoms with Crippen LogP contribution in [0, 0.1) is 19.7 Å². The third kappa shape index (κ3) is 4.75. The Labute approximate surface area is 176 Å². The van der Waals surface area contributed by atoms with Gasteiger partial charge in [0.15, 0.2) is 0 Å². The first-order valence-corrected chi connectivity index (χ1v) is 10.8. The van der Waals surface area contributed by atoms with Gasteiger partial charge >= 0.3 is 0 Å². The van der Waals surface area contributed by atoms with E-state index < -0.39 is 21.7 Å². The number of halogens is 1. The molecule has 0 saturated carbocycles.